The first-order chi connectivity index (χ1) is 15.6. The number of nitrogens with one attached hydrogen (secondary N) is 1. The highest BCUT2D eigenvalue weighted by molar-refractivity contribution is 5.93. The zero-order valence-electron chi connectivity index (χ0n) is 17.0. The molecule has 1 atom stereocenters. The number of nitrogen functional groups attached to an aromatic ring is 1. The summed E-state index contributed by atoms with van der Waals surface area (Å²) in [4.78, 5) is 41.1. The van der Waals surface area contributed by atoms with Crippen molar-refractivity contribution in [3.63, 3.8) is 0 Å². The second-order valence-corrected chi connectivity index (χ2v) is 7.11. The van der Waals surface area contributed by atoms with E-state index in [9.17, 15) is 31.9 Å². The van der Waals surface area contributed by atoms with Gasteiger partial charge in [0.25, 0.3) is 11.3 Å². The first-order valence-electron chi connectivity index (χ1n) is 9.62. The van der Waals surface area contributed by atoms with Gasteiger partial charge in [0.2, 0.25) is 5.91 Å². The van der Waals surface area contributed by atoms with Crippen LogP contribution in [0.15, 0.2) is 65.6 Å². The molecule has 1 unspecified atom stereocenters. The standard InChI is InChI=1S/C22H18F4N4O3/c23-15-8-6-14(7-9-15)20-28-11-16(27)21(33)30(20)12-18(31)29-17(19(32)22(24,25)26)10-13-4-2-1-3-5-13/h1-9,11,17H,10,12,27H2,(H,29,31). The lowest BCUT2D eigenvalue weighted by atomic mass is 10.0. The van der Waals surface area contributed by atoms with Crippen molar-refractivity contribution in [2.45, 2.75) is 25.2 Å². The zero-order chi connectivity index (χ0) is 24.2. The number of benzene rings is 2. The Morgan fingerprint density at radius 1 is 1.06 bits per heavy atom. The van der Waals surface area contributed by atoms with Crippen LogP contribution in [-0.2, 0) is 22.6 Å². The molecule has 1 heterocycles. The Morgan fingerprint density at radius 3 is 2.30 bits per heavy atom. The van der Waals surface area contributed by atoms with Crippen LogP contribution in [0.5, 0.6) is 0 Å². The van der Waals surface area contributed by atoms with E-state index in [0.717, 1.165) is 22.9 Å². The fraction of sp³-hybridized carbons (Fsp3) is 0.182. The van der Waals surface area contributed by atoms with E-state index in [4.69, 9.17) is 5.73 Å². The van der Waals surface area contributed by atoms with Crippen molar-refractivity contribution < 1.29 is 27.2 Å². The Morgan fingerprint density at radius 2 is 1.70 bits per heavy atom. The van der Waals surface area contributed by atoms with E-state index in [0.29, 0.717) is 5.56 Å². The highest BCUT2D eigenvalue weighted by atomic mass is 19.4. The molecule has 2 aromatic carbocycles. The van der Waals surface area contributed by atoms with Crippen molar-refractivity contribution in [3.8, 4) is 11.4 Å². The molecule has 0 radical (unpaired) electrons. The fourth-order valence-electron chi connectivity index (χ4n) is 3.12. The molecule has 0 saturated carbocycles. The van der Waals surface area contributed by atoms with Crippen LogP contribution < -0.4 is 16.6 Å². The van der Waals surface area contributed by atoms with Crippen molar-refractivity contribution in [3.05, 3.63) is 82.5 Å². The van der Waals surface area contributed by atoms with Crippen LogP contribution in [0.2, 0.25) is 0 Å². The normalized spacial score (nSPS) is 12.2. The summed E-state index contributed by atoms with van der Waals surface area (Å²) in [7, 11) is 0. The first kappa shape index (κ1) is 23.6. The molecule has 7 nitrogen and oxygen atoms in total. The van der Waals surface area contributed by atoms with Gasteiger partial charge in [0.1, 0.15) is 29.9 Å². The third-order valence-corrected chi connectivity index (χ3v) is 4.69. The molecule has 3 aromatic rings. The molecule has 0 aliphatic rings. The van der Waals surface area contributed by atoms with Gasteiger partial charge in [0, 0.05) is 12.0 Å². The molecule has 0 bridgehead atoms. The van der Waals surface area contributed by atoms with Crippen LogP contribution in [0.3, 0.4) is 0 Å². The number of carbonyl (C=O) groups excluding carboxylic acids is 2. The second-order valence-electron chi connectivity index (χ2n) is 7.11. The minimum atomic E-state index is -5.18. The van der Waals surface area contributed by atoms with Crippen molar-refractivity contribution in [1.82, 2.24) is 14.9 Å². The minimum absolute atomic E-state index is 0.0499. The topological polar surface area (TPSA) is 107 Å². The number of aromatic nitrogens is 2. The van der Waals surface area contributed by atoms with Crippen LogP contribution in [0, 0.1) is 5.82 Å². The number of ketones is 1. The van der Waals surface area contributed by atoms with Gasteiger partial charge in [-0.25, -0.2) is 9.37 Å². The number of nitrogens with zero attached hydrogens (tertiary/aromatic N) is 2. The second kappa shape index (κ2) is 9.63. The Hall–Kier alpha value is -4.02. The molecular weight excluding hydrogens is 444 g/mol. The van der Waals surface area contributed by atoms with Gasteiger partial charge in [0.05, 0.1) is 6.20 Å². The minimum Gasteiger partial charge on any atom is -0.393 e. The summed E-state index contributed by atoms with van der Waals surface area (Å²) in [5, 5.41) is 2.06. The van der Waals surface area contributed by atoms with Crippen molar-refractivity contribution in [1.29, 1.82) is 0 Å². The van der Waals surface area contributed by atoms with Gasteiger partial charge in [-0.2, -0.15) is 13.2 Å². The first-order valence-corrected chi connectivity index (χ1v) is 9.62. The average molecular weight is 462 g/mol. The Kier molecular flexibility index (Phi) is 6.90. The summed E-state index contributed by atoms with van der Waals surface area (Å²) in [6.07, 6.45) is -4.53. The maximum Gasteiger partial charge on any atom is 0.452 e. The lowest BCUT2D eigenvalue weighted by Crippen LogP contribution is -2.49. The molecule has 0 aliphatic carbocycles. The van der Waals surface area contributed by atoms with E-state index in [1.54, 1.807) is 18.2 Å². The number of halogens is 4. The summed E-state index contributed by atoms with van der Waals surface area (Å²) in [6.45, 7) is -0.764. The Labute approximate surface area is 184 Å². The summed E-state index contributed by atoms with van der Waals surface area (Å²) in [6, 6.07) is 10.8. The van der Waals surface area contributed by atoms with Gasteiger partial charge in [-0.05, 0) is 29.8 Å². The maximum absolute atomic E-state index is 13.3. The zero-order valence-corrected chi connectivity index (χ0v) is 17.0. The molecular formula is C22H18F4N4O3. The molecule has 11 heteroatoms. The van der Waals surface area contributed by atoms with Crippen LogP contribution in [0.1, 0.15) is 5.56 Å². The smallest absolute Gasteiger partial charge is 0.393 e. The molecule has 172 valence electrons. The van der Waals surface area contributed by atoms with Crippen molar-refractivity contribution in [2.24, 2.45) is 0 Å². The number of nitrogens with two attached hydrogens (primary N) is 1. The quantitative estimate of drug-likeness (QED) is 0.525. The third-order valence-electron chi connectivity index (χ3n) is 4.69. The lowest BCUT2D eigenvalue weighted by Gasteiger charge is -2.20. The van der Waals surface area contributed by atoms with Gasteiger partial charge < -0.3 is 11.1 Å². The molecule has 3 N–H and O–H groups in total. The van der Waals surface area contributed by atoms with E-state index in [-0.39, 0.29) is 17.1 Å². The van der Waals surface area contributed by atoms with E-state index in [1.165, 1.54) is 24.3 Å². The molecule has 3 rings (SSSR count). The van der Waals surface area contributed by atoms with Crippen LogP contribution in [-0.4, -0.2) is 33.5 Å². The van der Waals surface area contributed by atoms with Crippen LogP contribution >= 0.6 is 0 Å². The number of anilines is 1. The van der Waals surface area contributed by atoms with Crippen LogP contribution in [0.25, 0.3) is 11.4 Å². The molecule has 1 aromatic heterocycles. The highest BCUT2D eigenvalue weighted by Gasteiger charge is 2.43. The van der Waals surface area contributed by atoms with Crippen molar-refractivity contribution >= 4 is 17.4 Å². The summed E-state index contributed by atoms with van der Waals surface area (Å²) >= 11 is 0. The Bertz CT molecular complexity index is 1210. The number of Topliss-reactive ketones (excluding diaryl/α,β-unsaturated/α-hetero) is 1. The van der Waals surface area contributed by atoms with Gasteiger partial charge >= 0.3 is 6.18 Å². The number of rotatable bonds is 7. The van der Waals surface area contributed by atoms with E-state index < -0.39 is 48.3 Å². The third kappa shape index (κ3) is 5.82. The summed E-state index contributed by atoms with van der Waals surface area (Å²) in [5.41, 5.74) is 5.13. The van der Waals surface area contributed by atoms with Gasteiger partial charge in [-0.3, -0.25) is 19.0 Å². The molecule has 33 heavy (non-hydrogen) atoms. The molecule has 1 amide bonds. The number of hydrogen-bond donors (Lipinski definition) is 2. The highest BCUT2D eigenvalue weighted by Crippen LogP contribution is 2.20. The van der Waals surface area contributed by atoms with E-state index in [1.807, 2.05) is 0 Å². The monoisotopic (exact) mass is 462 g/mol. The van der Waals surface area contributed by atoms with Crippen LogP contribution in [0.4, 0.5) is 23.2 Å². The number of amides is 1. The molecule has 0 fully saturated rings. The lowest BCUT2D eigenvalue weighted by molar-refractivity contribution is -0.173. The average Bonchev–Trinajstić information content (AvgIpc) is 2.77. The number of hydrogen-bond acceptors (Lipinski definition) is 5. The van der Waals surface area contributed by atoms with Gasteiger partial charge in [-0.1, -0.05) is 30.3 Å². The van der Waals surface area contributed by atoms with Gasteiger partial charge in [-0.15, -0.1) is 0 Å². The van der Waals surface area contributed by atoms with Crippen molar-refractivity contribution in [2.75, 3.05) is 5.73 Å². The summed E-state index contributed by atoms with van der Waals surface area (Å²) < 4.78 is 53.4. The predicted molar refractivity (Wildman–Crippen MR) is 111 cm³/mol. The van der Waals surface area contributed by atoms with E-state index in [2.05, 4.69) is 10.3 Å². The van der Waals surface area contributed by atoms with E-state index >= 15 is 0 Å². The largest absolute Gasteiger partial charge is 0.452 e. The molecule has 0 aliphatic heterocycles. The SMILES string of the molecule is Nc1cnc(-c2ccc(F)cc2)n(CC(=O)NC(Cc2ccccc2)C(=O)C(F)(F)F)c1=O. The van der Waals surface area contributed by atoms with Gasteiger partial charge in [0.15, 0.2) is 0 Å². The summed E-state index contributed by atoms with van der Waals surface area (Å²) in [5.74, 6) is -3.76. The fourth-order valence-corrected chi connectivity index (χ4v) is 3.12. The molecule has 0 spiro atoms. The predicted octanol–water partition coefficient (Wildman–Crippen LogP) is 2.49. The molecule has 0 saturated heterocycles. The Balaban J connectivity index is 1.90. The maximum atomic E-state index is 13.3. The number of carbonyl (C=O) groups is 2. The number of alkyl halides is 3.